The molecule has 2 aliphatic rings. The van der Waals surface area contributed by atoms with E-state index in [1.54, 1.807) is 36.4 Å². The Morgan fingerprint density at radius 3 is 1.50 bits per heavy atom. The molecule has 2 bridgehead atoms. The maximum absolute atomic E-state index is 12.8. The fraction of sp³-hybridized carbons (Fsp3) is 0.438. The molecule has 5 atom stereocenters. The van der Waals surface area contributed by atoms with Gasteiger partial charge in [0.25, 0.3) is 0 Å². The van der Waals surface area contributed by atoms with E-state index >= 15 is 0 Å². The fourth-order valence-electron chi connectivity index (χ4n) is 5.75. The van der Waals surface area contributed by atoms with Crippen LogP contribution in [0.15, 0.2) is 36.4 Å². The van der Waals surface area contributed by atoms with E-state index in [4.69, 9.17) is 37.9 Å². The molecule has 2 aromatic carbocycles. The van der Waals surface area contributed by atoms with E-state index in [0.29, 0.717) is 58.5 Å². The molecule has 0 aromatic heterocycles. The predicted molar refractivity (Wildman–Crippen MR) is 161 cm³/mol. The molecule has 2 saturated heterocycles. The van der Waals surface area contributed by atoms with Gasteiger partial charge in [0, 0.05) is 31.0 Å². The van der Waals surface area contributed by atoms with Crippen molar-refractivity contribution in [2.75, 3.05) is 49.7 Å². The van der Waals surface area contributed by atoms with Crippen LogP contribution in [0.5, 0.6) is 34.5 Å². The summed E-state index contributed by atoms with van der Waals surface area (Å²) in [5.74, 6) is 1.53. The number of aliphatic hydroxyl groups excluding tert-OH is 1. The Bertz CT molecular complexity index is 1350. The Kier molecular flexibility index (Phi) is 10.6. The van der Waals surface area contributed by atoms with Crippen LogP contribution in [0.25, 0.3) is 12.2 Å². The summed E-state index contributed by atoms with van der Waals surface area (Å²) >= 11 is 0. The second-order valence-electron chi connectivity index (χ2n) is 10.3. The molecule has 2 aliphatic heterocycles. The Morgan fingerprint density at radius 2 is 1.09 bits per heavy atom. The quantitative estimate of drug-likeness (QED) is 0.279. The first-order valence-electron chi connectivity index (χ1n) is 13.9. The van der Waals surface area contributed by atoms with Crippen molar-refractivity contribution in [3.63, 3.8) is 0 Å². The van der Waals surface area contributed by atoms with Crippen molar-refractivity contribution >= 4 is 24.1 Å². The summed E-state index contributed by atoms with van der Waals surface area (Å²) in [7, 11) is 10.9. The molecular formula is C32H39NO11. The number of piperidine rings is 1. The number of ether oxygens (including phenoxy) is 8. The number of rotatable bonds is 12. The molecule has 0 aliphatic carbocycles. The summed E-state index contributed by atoms with van der Waals surface area (Å²) in [5, 5.41) is 11.0. The summed E-state index contributed by atoms with van der Waals surface area (Å²) < 4.78 is 43.6. The molecule has 12 nitrogen and oxygen atoms in total. The molecule has 12 heteroatoms. The molecule has 0 amide bonds. The number of nitrogens with zero attached hydrogens (tertiary/aromatic N) is 1. The average Bonchev–Trinajstić information content (AvgIpc) is 3.15. The van der Waals surface area contributed by atoms with Crippen molar-refractivity contribution < 1.29 is 52.6 Å². The Hall–Kier alpha value is -4.42. The topological polar surface area (TPSA) is 131 Å². The fourth-order valence-corrected chi connectivity index (χ4v) is 5.75. The third-order valence-corrected chi connectivity index (χ3v) is 7.90. The van der Waals surface area contributed by atoms with Crippen LogP contribution in [-0.2, 0) is 19.1 Å². The molecule has 2 fully saturated rings. The number of methoxy groups -OCH3 is 6. The van der Waals surface area contributed by atoms with E-state index in [2.05, 4.69) is 0 Å². The van der Waals surface area contributed by atoms with Gasteiger partial charge in [0.05, 0.1) is 48.7 Å². The lowest BCUT2D eigenvalue weighted by atomic mass is 10.00. The lowest BCUT2D eigenvalue weighted by Gasteiger charge is -2.35. The Labute approximate surface area is 256 Å². The number of hydrogen-bond donors (Lipinski definition) is 1. The van der Waals surface area contributed by atoms with Crippen LogP contribution in [0.2, 0.25) is 0 Å². The number of benzene rings is 2. The third-order valence-electron chi connectivity index (χ3n) is 7.90. The first-order chi connectivity index (χ1) is 21.2. The average molecular weight is 614 g/mol. The van der Waals surface area contributed by atoms with Gasteiger partial charge in [-0.2, -0.15) is 0 Å². The highest BCUT2D eigenvalue weighted by Gasteiger charge is 2.53. The molecule has 2 heterocycles. The van der Waals surface area contributed by atoms with Crippen molar-refractivity contribution in [1.82, 2.24) is 4.90 Å². The summed E-state index contributed by atoms with van der Waals surface area (Å²) in [5.41, 5.74) is 1.28. The molecular weight excluding hydrogens is 574 g/mol. The van der Waals surface area contributed by atoms with Gasteiger partial charge in [-0.15, -0.1) is 0 Å². The molecule has 44 heavy (non-hydrogen) atoms. The van der Waals surface area contributed by atoms with Crippen LogP contribution in [0, 0.1) is 0 Å². The van der Waals surface area contributed by atoms with E-state index in [9.17, 15) is 14.7 Å². The van der Waals surface area contributed by atoms with E-state index < -0.39 is 30.3 Å². The highest BCUT2D eigenvalue weighted by molar-refractivity contribution is 5.88. The van der Waals surface area contributed by atoms with Gasteiger partial charge in [-0.1, -0.05) is 0 Å². The van der Waals surface area contributed by atoms with E-state index in [-0.39, 0.29) is 12.1 Å². The van der Waals surface area contributed by atoms with E-state index in [1.807, 2.05) is 11.9 Å². The monoisotopic (exact) mass is 613 g/mol. The normalized spacial score (nSPS) is 23.0. The van der Waals surface area contributed by atoms with Crippen molar-refractivity contribution in [1.29, 1.82) is 0 Å². The Balaban J connectivity index is 1.39. The molecule has 238 valence electrons. The predicted octanol–water partition coefficient (Wildman–Crippen LogP) is 3.13. The maximum atomic E-state index is 12.8. The second kappa shape index (κ2) is 14.4. The highest BCUT2D eigenvalue weighted by Crippen LogP contribution is 2.40. The number of fused-ring (bicyclic) bond motifs is 2. The van der Waals surface area contributed by atoms with Gasteiger partial charge in [-0.3, -0.25) is 4.90 Å². The minimum absolute atomic E-state index is 0.334. The van der Waals surface area contributed by atoms with Crippen molar-refractivity contribution in [3.8, 4) is 34.5 Å². The summed E-state index contributed by atoms with van der Waals surface area (Å²) in [6.45, 7) is 0. The summed E-state index contributed by atoms with van der Waals surface area (Å²) in [6.07, 6.45) is 4.35. The van der Waals surface area contributed by atoms with Crippen molar-refractivity contribution in [3.05, 3.63) is 47.5 Å². The standard InChI is InChI=1S/C32H39NO11/c1-33-21-16-20(43-27(34)10-8-18-12-23(37-2)31(41-6)24(13-18)38-3)17-22(33)30(29(21)36)44-28(35)11-9-19-14-25(39-4)32(42-7)26(15-19)40-5/h8-15,20-22,29-30,36H,16-17H2,1-7H3/b10-8+,11-9+/t20-,21-,22+,29+,30-/m0/s1. The molecule has 4 rings (SSSR count). The number of likely N-dealkylation sites (N-methyl/N-ethyl adjacent to an activating group) is 1. The zero-order valence-corrected chi connectivity index (χ0v) is 25.9. The zero-order chi connectivity index (χ0) is 32.0. The van der Waals surface area contributed by atoms with Crippen LogP contribution in [0.4, 0.5) is 0 Å². The lowest BCUT2D eigenvalue weighted by Crippen LogP contribution is -2.46. The first-order valence-corrected chi connectivity index (χ1v) is 13.9. The minimum atomic E-state index is -0.943. The molecule has 0 unspecified atom stereocenters. The molecule has 0 saturated carbocycles. The number of hydrogen-bond acceptors (Lipinski definition) is 12. The summed E-state index contributed by atoms with van der Waals surface area (Å²) in [4.78, 5) is 27.5. The van der Waals surface area contributed by atoms with Crippen LogP contribution in [0.3, 0.4) is 0 Å². The molecule has 1 N–H and O–H groups in total. The Morgan fingerprint density at radius 1 is 0.682 bits per heavy atom. The smallest absolute Gasteiger partial charge is 0.331 e. The van der Waals surface area contributed by atoms with E-state index in [0.717, 1.165) is 0 Å². The zero-order valence-electron chi connectivity index (χ0n) is 25.9. The van der Waals surface area contributed by atoms with Crippen molar-refractivity contribution in [2.24, 2.45) is 0 Å². The maximum Gasteiger partial charge on any atom is 0.331 e. The molecule has 0 spiro atoms. The largest absolute Gasteiger partial charge is 0.493 e. The van der Waals surface area contributed by atoms with Gasteiger partial charge < -0.3 is 43.0 Å². The number of aliphatic hydroxyl groups is 1. The van der Waals surface area contributed by atoms with Gasteiger partial charge in [-0.05, 0) is 54.6 Å². The van der Waals surface area contributed by atoms with Gasteiger partial charge in [-0.25, -0.2) is 9.59 Å². The van der Waals surface area contributed by atoms with Crippen LogP contribution in [0.1, 0.15) is 24.0 Å². The second-order valence-corrected chi connectivity index (χ2v) is 10.3. The van der Waals surface area contributed by atoms with Crippen molar-refractivity contribution in [2.45, 2.75) is 43.2 Å². The van der Waals surface area contributed by atoms with Crippen LogP contribution in [-0.4, -0.2) is 102 Å². The van der Waals surface area contributed by atoms with Crippen LogP contribution >= 0.6 is 0 Å². The van der Waals surface area contributed by atoms with Gasteiger partial charge in [0.2, 0.25) is 11.5 Å². The molecule has 2 aromatic rings. The molecule has 0 radical (unpaired) electrons. The third kappa shape index (κ3) is 6.87. The number of carbonyl (C=O) groups excluding carboxylic acids is 2. The lowest BCUT2D eigenvalue weighted by molar-refractivity contribution is -0.151. The number of esters is 2. The van der Waals surface area contributed by atoms with Crippen LogP contribution < -0.4 is 28.4 Å². The highest BCUT2D eigenvalue weighted by atomic mass is 16.6. The van der Waals surface area contributed by atoms with E-state index in [1.165, 1.54) is 54.8 Å². The SMILES string of the molecule is COc1cc(/C=C/C(=O)O[C@@H]2C[C@@H]3[C@H](OC(=O)/C=C/c4cc(OC)c(OC)c(OC)c4)[C@H](O)[C@H](C2)N3C)cc(OC)c1OC. The number of carbonyl (C=O) groups is 2. The van der Waals surface area contributed by atoms with Gasteiger partial charge in [0.15, 0.2) is 23.0 Å². The minimum Gasteiger partial charge on any atom is -0.493 e. The summed E-state index contributed by atoms with van der Waals surface area (Å²) in [6, 6.07) is 6.15. The van der Waals surface area contributed by atoms with Gasteiger partial charge >= 0.3 is 11.9 Å². The first kappa shape index (κ1) is 32.5. The van der Waals surface area contributed by atoms with Gasteiger partial charge in [0.1, 0.15) is 18.3 Å².